The van der Waals surface area contributed by atoms with Crippen LogP contribution in [0.25, 0.3) is 0 Å². The molecule has 8 nitrogen and oxygen atoms in total. The average Bonchev–Trinajstić information content (AvgIpc) is 2.75. The molecule has 0 bridgehead atoms. The molecule has 0 aliphatic heterocycles. The van der Waals surface area contributed by atoms with Gasteiger partial charge in [-0.3, -0.25) is 19.7 Å². The third-order valence-electron chi connectivity index (χ3n) is 5.26. The lowest BCUT2D eigenvalue weighted by Gasteiger charge is -2.29. The first-order valence-electron chi connectivity index (χ1n) is 10.0. The topological polar surface area (TPSA) is 111 Å². The molecule has 0 heterocycles. The Balaban J connectivity index is 1.50. The predicted octanol–water partition coefficient (Wildman–Crippen LogP) is 3.92. The Morgan fingerprint density at radius 3 is 2.57 bits per heavy atom. The van der Waals surface area contributed by atoms with E-state index in [-0.39, 0.29) is 29.8 Å². The molecule has 2 atom stereocenters. The molecule has 2 N–H and O–H groups in total. The quantitative estimate of drug-likeness (QED) is 0.530. The first-order chi connectivity index (χ1) is 14.4. The van der Waals surface area contributed by atoms with Crippen molar-refractivity contribution in [2.24, 2.45) is 5.92 Å². The van der Waals surface area contributed by atoms with Crippen LogP contribution in [-0.4, -0.2) is 29.4 Å². The van der Waals surface area contributed by atoms with Crippen LogP contribution in [0.4, 0.5) is 11.4 Å². The molecule has 0 aromatic heterocycles. The summed E-state index contributed by atoms with van der Waals surface area (Å²) in [5.74, 6) is 0.400. The van der Waals surface area contributed by atoms with Crippen molar-refractivity contribution < 1.29 is 19.2 Å². The number of carbonyl (C=O) groups excluding carboxylic acids is 2. The molecule has 158 valence electrons. The van der Waals surface area contributed by atoms with Crippen molar-refractivity contribution in [3.63, 3.8) is 0 Å². The largest absolute Gasteiger partial charge is 0.484 e. The molecule has 0 spiro atoms. The molecule has 0 radical (unpaired) electrons. The van der Waals surface area contributed by atoms with Crippen LogP contribution in [-0.2, 0) is 4.79 Å². The highest BCUT2D eigenvalue weighted by Gasteiger charge is 2.22. The van der Waals surface area contributed by atoms with Gasteiger partial charge in [-0.2, -0.15) is 0 Å². The van der Waals surface area contributed by atoms with Crippen LogP contribution >= 0.6 is 0 Å². The third-order valence-corrected chi connectivity index (χ3v) is 5.26. The van der Waals surface area contributed by atoms with Gasteiger partial charge in [0.25, 0.3) is 17.5 Å². The number of ether oxygens (including phenoxy) is 1. The van der Waals surface area contributed by atoms with E-state index in [0.717, 1.165) is 19.3 Å². The number of nitrogens with one attached hydrogen (secondary N) is 2. The van der Waals surface area contributed by atoms with Crippen LogP contribution in [0.2, 0.25) is 0 Å². The molecule has 0 saturated heterocycles. The summed E-state index contributed by atoms with van der Waals surface area (Å²) in [4.78, 5) is 34.7. The van der Waals surface area contributed by atoms with E-state index >= 15 is 0 Å². The summed E-state index contributed by atoms with van der Waals surface area (Å²) in [5, 5.41) is 16.6. The van der Waals surface area contributed by atoms with Crippen molar-refractivity contribution in [3.05, 3.63) is 64.2 Å². The lowest BCUT2D eigenvalue weighted by Crippen LogP contribution is -2.43. The molecule has 0 unspecified atom stereocenters. The fourth-order valence-corrected chi connectivity index (χ4v) is 3.53. The summed E-state index contributed by atoms with van der Waals surface area (Å²) in [7, 11) is 0. The number of hydrogen-bond donors (Lipinski definition) is 2. The van der Waals surface area contributed by atoms with E-state index in [1.165, 1.54) is 30.7 Å². The number of nitro benzene ring substituents is 1. The summed E-state index contributed by atoms with van der Waals surface area (Å²) in [5.41, 5.74) is 0.560. The molecule has 1 fully saturated rings. The van der Waals surface area contributed by atoms with Gasteiger partial charge < -0.3 is 15.4 Å². The van der Waals surface area contributed by atoms with Crippen molar-refractivity contribution in [1.29, 1.82) is 0 Å². The van der Waals surface area contributed by atoms with Crippen LogP contribution in [0.3, 0.4) is 0 Å². The van der Waals surface area contributed by atoms with Crippen molar-refractivity contribution in [2.75, 3.05) is 11.9 Å². The second kappa shape index (κ2) is 9.87. The fraction of sp³-hybridized carbons (Fsp3) is 0.364. The standard InChI is InChI=1S/C22H25N3O5/c1-15-5-2-3-8-20(15)24-21(26)14-30-19-11-9-17(10-12-19)23-22(27)16-6-4-7-18(13-16)25(28)29/h4,6-7,9-13,15,20H,2-3,5,8,14H2,1H3,(H,23,27)(H,24,26)/t15-,20-/m0/s1. The van der Waals surface area contributed by atoms with Gasteiger partial charge in [0.15, 0.2) is 6.61 Å². The number of nitrogens with zero attached hydrogens (tertiary/aromatic N) is 1. The van der Waals surface area contributed by atoms with Gasteiger partial charge in [-0.1, -0.05) is 25.8 Å². The third kappa shape index (κ3) is 5.79. The summed E-state index contributed by atoms with van der Waals surface area (Å²) in [6.07, 6.45) is 4.49. The molecule has 3 rings (SSSR count). The molecule has 1 saturated carbocycles. The Bertz CT molecular complexity index is 913. The van der Waals surface area contributed by atoms with Gasteiger partial charge in [0, 0.05) is 29.4 Å². The van der Waals surface area contributed by atoms with Gasteiger partial charge in [0.1, 0.15) is 5.75 Å². The fourth-order valence-electron chi connectivity index (χ4n) is 3.53. The van der Waals surface area contributed by atoms with E-state index in [1.54, 1.807) is 24.3 Å². The Labute approximate surface area is 174 Å². The van der Waals surface area contributed by atoms with Crippen LogP contribution < -0.4 is 15.4 Å². The van der Waals surface area contributed by atoms with E-state index in [1.807, 2.05) is 0 Å². The van der Waals surface area contributed by atoms with Crippen molar-refractivity contribution in [3.8, 4) is 5.75 Å². The Morgan fingerprint density at radius 2 is 1.87 bits per heavy atom. The maximum atomic E-state index is 12.3. The molecule has 30 heavy (non-hydrogen) atoms. The van der Waals surface area contributed by atoms with Gasteiger partial charge in [-0.05, 0) is 49.1 Å². The minimum Gasteiger partial charge on any atom is -0.484 e. The number of nitro groups is 1. The van der Waals surface area contributed by atoms with Crippen LogP contribution in [0.5, 0.6) is 5.75 Å². The van der Waals surface area contributed by atoms with Crippen LogP contribution in [0.15, 0.2) is 48.5 Å². The first kappa shape index (κ1) is 21.3. The van der Waals surface area contributed by atoms with E-state index in [0.29, 0.717) is 17.4 Å². The maximum Gasteiger partial charge on any atom is 0.270 e. The molecular formula is C22H25N3O5. The summed E-state index contributed by atoms with van der Waals surface area (Å²) in [6, 6.07) is 12.3. The maximum absolute atomic E-state index is 12.3. The summed E-state index contributed by atoms with van der Waals surface area (Å²) < 4.78 is 5.53. The van der Waals surface area contributed by atoms with Gasteiger partial charge in [0.05, 0.1) is 4.92 Å². The van der Waals surface area contributed by atoms with Gasteiger partial charge in [-0.25, -0.2) is 0 Å². The Morgan fingerprint density at radius 1 is 1.13 bits per heavy atom. The molecule has 1 aliphatic rings. The Kier molecular flexibility index (Phi) is 7.00. The van der Waals surface area contributed by atoms with Gasteiger partial charge >= 0.3 is 0 Å². The second-order valence-electron chi connectivity index (χ2n) is 7.51. The molecule has 1 aliphatic carbocycles. The van der Waals surface area contributed by atoms with Gasteiger partial charge in [-0.15, -0.1) is 0 Å². The number of benzene rings is 2. The molecule has 2 amide bonds. The van der Waals surface area contributed by atoms with Crippen LogP contribution in [0, 0.1) is 16.0 Å². The van der Waals surface area contributed by atoms with Crippen molar-refractivity contribution in [2.45, 2.75) is 38.6 Å². The normalized spacial score (nSPS) is 18.3. The minimum absolute atomic E-state index is 0.0669. The van der Waals surface area contributed by atoms with Crippen molar-refractivity contribution >= 4 is 23.2 Å². The van der Waals surface area contributed by atoms with E-state index in [2.05, 4.69) is 17.6 Å². The zero-order chi connectivity index (χ0) is 21.5. The predicted molar refractivity (Wildman–Crippen MR) is 113 cm³/mol. The second-order valence-corrected chi connectivity index (χ2v) is 7.51. The highest BCUT2D eigenvalue weighted by molar-refractivity contribution is 6.04. The molecule has 2 aromatic rings. The number of hydrogen-bond acceptors (Lipinski definition) is 5. The molecule has 8 heteroatoms. The minimum atomic E-state index is -0.548. The van der Waals surface area contributed by atoms with E-state index in [4.69, 9.17) is 4.74 Å². The van der Waals surface area contributed by atoms with Crippen LogP contribution in [0.1, 0.15) is 43.0 Å². The molecular weight excluding hydrogens is 386 g/mol. The highest BCUT2D eigenvalue weighted by Crippen LogP contribution is 2.23. The first-order valence-corrected chi connectivity index (χ1v) is 10.0. The SMILES string of the molecule is C[C@H]1CCCC[C@@H]1NC(=O)COc1ccc(NC(=O)c2cccc([N+](=O)[O-])c2)cc1. The number of carbonyl (C=O) groups is 2. The Hall–Kier alpha value is -3.42. The zero-order valence-electron chi connectivity index (χ0n) is 16.8. The van der Waals surface area contributed by atoms with E-state index in [9.17, 15) is 19.7 Å². The lowest BCUT2D eigenvalue weighted by atomic mass is 9.86. The zero-order valence-corrected chi connectivity index (χ0v) is 16.8. The number of amides is 2. The number of anilines is 1. The number of rotatable bonds is 7. The monoisotopic (exact) mass is 411 g/mol. The summed E-state index contributed by atoms with van der Waals surface area (Å²) >= 11 is 0. The van der Waals surface area contributed by atoms with Gasteiger partial charge in [0.2, 0.25) is 0 Å². The average molecular weight is 411 g/mol. The van der Waals surface area contributed by atoms with Crippen molar-refractivity contribution in [1.82, 2.24) is 5.32 Å². The smallest absolute Gasteiger partial charge is 0.270 e. The van der Waals surface area contributed by atoms with E-state index < -0.39 is 10.8 Å². The highest BCUT2D eigenvalue weighted by atomic mass is 16.6. The summed E-state index contributed by atoms with van der Waals surface area (Å²) in [6.45, 7) is 2.09. The lowest BCUT2D eigenvalue weighted by molar-refractivity contribution is -0.384. The molecule has 2 aromatic carbocycles. The number of non-ortho nitro benzene ring substituents is 1.